The molecule has 0 aliphatic carbocycles. The minimum absolute atomic E-state index is 0.0220. The van der Waals surface area contributed by atoms with E-state index in [2.05, 4.69) is 5.32 Å². The second-order valence-electron chi connectivity index (χ2n) is 7.32. The van der Waals surface area contributed by atoms with Crippen LogP contribution in [0.25, 0.3) is 0 Å². The van der Waals surface area contributed by atoms with Gasteiger partial charge in [0.25, 0.3) is 5.91 Å². The first kappa shape index (κ1) is 19.1. The molecule has 0 unspecified atom stereocenters. The fourth-order valence-electron chi connectivity index (χ4n) is 4.01. The number of benzene rings is 3. The predicted molar refractivity (Wildman–Crippen MR) is 115 cm³/mol. The highest BCUT2D eigenvalue weighted by atomic mass is 16.7. The maximum atomic E-state index is 13.2. The fraction of sp³-hybridized carbons (Fsp3) is 0.208. The number of carbonyl (C=O) groups is 1. The molecule has 31 heavy (non-hydrogen) atoms. The molecule has 1 amide bonds. The summed E-state index contributed by atoms with van der Waals surface area (Å²) in [5.74, 6) is 2.66. The minimum Gasteiger partial charge on any atom is -0.493 e. The number of nitrogens with zero attached hydrogens (tertiary/aromatic N) is 1. The third-order valence-corrected chi connectivity index (χ3v) is 5.54. The van der Waals surface area contributed by atoms with Crippen molar-refractivity contribution in [1.29, 1.82) is 0 Å². The van der Waals surface area contributed by atoms with E-state index in [1.807, 2.05) is 65.6 Å². The molecule has 158 valence electrons. The third-order valence-electron chi connectivity index (χ3n) is 5.54. The van der Waals surface area contributed by atoms with Gasteiger partial charge in [0, 0.05) is 29.4 Å². The van der Waals surface area contributed by atoms with E-state index in [0.29, 0.717) is 29.4 Å². The molecule has 3 aromatic rings. The molecule has 1 atom stereocenters. The van der Waals surface area contributed by atoms with Crippen molar-refractivity contribution in [2.45, 2.75) is 12.7 Å². The predicted octanol–water partition coefficient (Wildman–Crippen LogP) is 4.20. The number of carbonyl (C=O) groups excluding carboxylic acids is 1. The van der Waals surface area contributed by atoms with E-state index >= 15 is 0 Å². The van der Waals surface area contributed by atoms with E-state index in [9.17, 15) is 4.79 Å². The highest BCUT2D eigenvalue weighted by Gasteiger charge is 2.36. The molecule has 0 bridgehead atoms. The van der Waals surface area contributed by atoms with Gasteiger partial charge < -0.3 is 29.2 Å². The van der Waals surface area contributed by atoms with E-state index < -0.39 is 0 Å². The van der Waals surface area contributed by atoms with Crippen LogP contribution in [0, 0.1) is 0 Å². The zero-order chi connectivity index (χ0) is 21.4. The summed E-state index contributed by atoms with van der Waals surface area (Å²) in [6.45, 7) is 0.644. The molecule has 7 nitrogen and oxygen atoms in total. The van der Waals surface area contributed by atoms with Crippen molar-refractivity contribution in [3.05, 3.63) is 77.4 Å². The molecule has 0 radical (unpaired) electrons. The molecule has 2 aliphatic rings. The summed E-state index contributed by atoms with van der Waals surface area (Å²) < 4.78 is 21.7. The fourth-order valence-corrected chi connectivity index (χ4v) is 4.01. The van der Waals surface area contributed by atoms with Crippen LogP contribution in [0.1, 0.15) is 27.7 Å². The average molecular weight is 418 g/mol. The largest absolute Gasteiger partial charge is 0.493 e. The number of anilines is 1. The number of rotatable bonds is 6. The van der Waals surface area contributed by atoms with Gasteiger partial charge in [0.2, 0.25) is 6.79 Å². The van der Waals surface area contributed by atoms with Crippen molar-refractivity contribution in [3.8, 4) is 23.0 Å². The topological polar surface area (TPSA) is 69.3 Å². The first-order valence-electron chi connectivity index (χ1n) is 9.95. The van der Waals surface area contributed by atoms with Gasteiger partial charge in [-0.05, 0) is 35.9 Å². The van der Waals surface area contributed by atoms with Crippen LogP contribution in [-0.2, 0) is 6.54 Å². The third kappa shape index (κ3) is 3.38. The number of hydrogen-bond donors (Lipinski definition) is 1. The lowest BCUT2D eigenvalue weighted by atomic mass is 10.1. The maximum Gasteiger partial charge on any atom is 0.256 e. The molecule has 0 saturated carbocycles. The number of nitrogens with one attached hydrogen (secondary N) is 1. The van der Waals surface area contributed by atoms with Crippen LogP contribution in [0.2, 0.25) is 0 Å². The van der Waals surface area contributed by atoms with Gasteiger partial charge in [0.05, 0.1) is 14.2 Å². The van der Waals surface area contributed by atoms with Crippen LogP contribution in [0.15, 0.2) is 60.7 Å². The summed E-state index contributed by atoms with van der Waals surface area (Å²) in [6.07, 6.45) is -0.327. The summed E-state index contributed by atoms with van der Waals surface area (Å²) in [5, 5.41) is 3.49. The molecule has 0 fully saturated rings. The molecule has 3 aromatic carbocycles. The van der Waals surface area contributed by atoms with E-state index in [1.165, 1.54) is 0 Å². The molecular formula is C24H22N2O5. The Labute approximate surface area is 180 Å². The van der Waals surface area contributed by atoms with Gasteiger partial charge in [0.15, 0.2) is 23.0 Å². The van der Waals surface area contributed by atoms with Crippen LogP contribution in [0.3, 0.4) is 0 Å². The monoisotopic (exact) mass is 418 g/mol. The number of ether oxygens (including phenoxy) is 4. The van der Waals surface area contributed by atoms with Crippen LogP contribution in [0.4, 0.5) is 5.69 Å². The minimum atomic E-state index is -0.327. The van der Waals surface area contributed by atoms with Gasteiger partial charge >= 0.3 is 0 Å². The highest BCUT2D eigenvalue weighted by Crippen LogP contribution is 2.39. The Morgan fingerprint density at radius 3 is 2.61 bits per heavy atom. The summed E-state index contributed by atoms with van der Waals surface area (Å²) >= 11 is 0. The van der Waals surface area contributed by atoms with Gasteiger partial charge in [-0.15, -0.1) is 0 Å². The Morgan fingerprint density at radius 1 is 0.968 bits per heavy atom. The van der Waals surface area contributed by atoms with Crippen molar-refractivity contribution in [2.24, 2.45) is 0 Å². The highest BCUT2D eigenvalue weighted by molar-refractivity contribution is 5.99. The standard InChI is InChI=1S/C24H22N2O5/c1-28-19-10-8-16(12-21(19)29-2)25-23-17-5-3-4-6-18(17)24(27)26(23)13-15-7-9-20-22(11-15)31-14-30-20/h3-12,23,25H,13-14H2,1-2H3/t23-/m1/s1. The molecule has 1 N–H and O–H groups in total. The normalized spacial score (nSPS) is 16.3. The number of methoxy groups -OCH3 is 2. The lowest BCUT2D eigenvalue weighted by molar-refractivity contribution is 0.0728. The van der Waals surface area contributed by atoms with E-state index in [1.54, 1.807) is 14.2 Å². The van der Waals surface area contributed by atoms with Crippen molar-refractivity contribution in [1.82, 2.24) is 4.90 Å². The smallest absolute Gasteiger partial charge is 0.256 e. The van der Waals surface area contributed by atoms with Gasteiger partial charge in [-0.3, -0.25) is 4.79 Å². The summed E-state index contributed by atoms with van der Waals surface area (Å²) in [6, 6.07) is 19.0. The second kappa shape index (κ2) is 7.75. The zero-order valence-corrected chi connectivity index (χ0v) is 17.3. The molecule has 0 spiro atoms. The lowest BCUT2D eigenvalue weighted by Gasteiger charge is -2.27. The number of amides is 1. The SMILES string of the molecule is COc1ccc(N[C@H]2c3ccccc3C(=O)N2Cc2ccc3c(c2)OCO3)cc1OC. The van der Waals surface area contributed by atoms with Crippen LogP contribution in [0.5, 0.6) is 23.0 Å². The lowest BCUT2D eigenvalue weighted by Crippen LogP contribution is -2.31. The van der Waals surface area contributed by atoms with Gasteiger partial charge in [-0.25, -0.2) is 0 Å². The van der Waals surface area contributed by atoms with E-state index in [-0.39, 0.29) is 18.9 Å². The summed E-state index contributed by atoms with van der Waals surface area (Å²) in [4.78, 5) is 15.1. The van der Waals surface area contributed by atoms with E-state index in [4.69, 9.17) is 18.9 Å². The molecule has 2 aliphatic heterocycles. The summed E-state index contributed by atoms with van der Waals surface area (Å²) in [5.41, 5.74) is 3.41. The molecule has 0 aromatic heterocycles. The Balaban J connectivity index is 1.47. The second-order valence-corrected chi connectivity index (χ2v) is 7.32. The average Bonchev–Trinajstić information content (AvgIpc) is 3.37. The Bertz CT molecular complexity index is 1150. The van der Waals surface area contributed by atoms with Gasteiger partial charge in [0.1, 0.15) is 6.17 Å². The Hall–Kier alpha value is -3.87. The van der Waals surface area contributed by atoms with E-state index in [0.717, 1.165) is 22.6 Å². The first-order chi connectivity index (χ1) is 15.2. The maximum absolute atomic E-state index is 13.2. The Morgan fingerprint density at radius 2 is 1.77 bits per heavy atom. The van der Waals surface area contributed by atoms with Crippen molar-refractivity contribution < 1.29 is 23.7 Å². The molecule has 0 saturated heterocycles. The molecule has 7 heteroatoms. The number of hydrogen-bond acceptors (Lipinski definition) is 6. The number of fused-ring (bicyclic) bond motifs is 2. The van der Waals surface area contributed by atoms with Crippen molar-refractivity contribution >= 4 is 11.6 Å². The van der Waals surface area contributed by atoms with Crippen LogP contribution >= 0.6 is 0 Å². The molecular weight excluding hydrogens is 396 g/mol. The molecule has 2 heterocycles. The zero-order valence-electron chi connectivity index (χ0n) is 17.3. The first-order valence-corrected chi connectivity index (χ1v) is 9.95. The van der Waals surface area contributed by atoms with Gasteiger partial charge in [-0.2, -0.15) is 0 Å². The van der Waals surface area contributed by atoms with Crippen LogP contribution in [-0.4, -0.2) is 31.8 Å². The van der Waals surface area contributed by atoms with Crippen molar-refractivity contribution in [2.75, 3.05) is 26.3 Å². The van der Waals surface area contributed by atoms with Gasteiger partial charge in [-0.1, -0.05) is 24.3 Å². The van der Waals surface area contributed by atoms with Crippen molar-refractivity contribution in [3.63, 3.8) is 0 Å². The quantitative estimate of drug-likeness (QED) is 0.647. The Kier molecular flexibility index (Phi) is 4.78. The molecule has 5 rings (SSSR count). The van der Waals surface area contributed by atoms with Crippen LogP contribution < -0.4 is 24.3 Å². The summed E-state index contributed by atoms with van der Waals surface area (Å²) in [7, 11) is 3.20.